The number of carbonyl (C=O) groups excluding carboxylic acids is 1. The maximum atomic E-state index is 12.8. The lowest BCUT2D eigenvalue weighted by Gasteiger charge is -2.36. The SMILES string of the molecule is O=C(NC[C@@H]1CCCCN1Cc1ccccc1)c1cccc(S(=O)(=O)NC[C@@H]2CCCO2)c1. The topological polar surface area (TPSA) is 87.7 Å². The lowest BCUT2D eigenvalue weighted by Crippen LogP contribution is -2.46. The summed E-state index contributed by atoms with van der Waals surface area (Å²) in [5, 5.41) is 3.02. The molecule has 178 valence electrons. The largest absolute Gasteiger partial charge is 0.377 e. The number of amides is 1. The molecule has 2 heterocycles. The van der Waals surface area contributed by atoms with Crippen molar-refractivity contribution in [2.45, 2.75) is 55.7 Å². The van der Waals surface area contributed by atoms with Gasteiger partial charge in [-0.1, -0.05) is 42.8 Å². The highest BCUT2D eigenvalue weighted by atomic mass is 32.2. The molecule has 2 aliphatic heterocycles. The normalized spacial score (nSPS) is 21.7. The maximum Gasteiger partial charge on any atom is 0.251 e. The first-order valence-electron chi connectivity index (χ1n) is 11.8. The predicted octanol–water partition coefficient (Wildman–Crippen LogP) is 2.93. The van der Waals surface area contributed by atoms with Crippen molar-refractivity contribution in [1.82, 2.24) is 14.9 Å². The number of ether oxygens (including phenoxy) is 1. The van der Waals surface area contributed by atoms with Crippen LogP contribution in [-0.4, -0.2) is 57.6 Å². The standard InChI is InChI=1S/C25H33N3O4S/c29-25(26-17-22-11-4-5-14-28(22)19-20-8-2-1-3-9-20)21-10-6-13-24(16-21)33(30,31)27-18-23-12-7-15-32-23/h1-3,6,8-10,13,16,22-23,27H,4-5,7,11-12,14-15,17-19H2,(H,26,29)/t22-,23-/m0/s1. The van der Waals surface area contributed by atoms with E-state index in [1.54, 1.807) is 12.1 Å². The van der Waals surface area contributed by atoms with E-state index in [1.807, 2.05) is 18.2 Å². The Balaban J connectivity index is 1.34. The third kappa shape index (κ3) is 6.63. The summed E-state index contributed by atoms with van der Waals surface area (Å²) in [6.45, 7) is 3.34. The number of benzene rings is 2. The number of sulfonamides is 1. The molecule has 2 saturated heterocycles. The van der Waals surface area contributed by atoms with Crippen LogP contribution in [0.4, 0.5) is 0 Å². The number of likely N-dealkylation sites (tertiary alicyclic amines) is 1. The molecule has 0 unspecified atom stereocenters. The molecule has 0 bridgehead atoms. The third-order valence-corrected chi connectivity index (χ3v) is 7.83. The Labute approximate surface area is 196 Å². The molecule has 8 heteroatoms. The first-order chi connectivity index (χ1) is 16.0. The fourth-order valence-electron chi connectivity index (χ4n) is 4.53. The van der Waals surface area contributed by atoms with Gasteiger partial charge in [0.25, 0.3) is 5.91 Å². The Morgan fingerprint density at radius 3 is 2.64 bits per heavy atom. The molecule has 33 heavy (non-hydrogen) atoms. The van der Waals surface area contributed by atoms with Crippen molar-refractivity contribution < 1.29 is 17.9 Å². The number of hydrogen-bond acceptors (Lipinski definition) is 5. The highest BCUT2D eigenvalue weighted by Gasteiger charge is 2.24. The molecule has 0 radical (unpaired) electrons. The van der Waals surface area contributed by atoms with Crippen molar-refractivity contribution in [1.29, 1.82) is 0 Å². The second-order valence-corrected chi connectivity index (χ2v) is 10.6. The first-order valence-corrected chi connectivity index (χ1v) is 13.3. The van der Waals surface area contributed by atoms with E-state index in [2.05, 4.69) is 27.1 Å². The quantitative estimate of drug-likeness (QED) is 0.587. The van der Waals surface area contributed by atoms with Crippen molar-refractivity contribution in [3.63, 3.8) is 0 Å². The number of hydrogen-bond donors (Lipinski definition) is 2. The lowest BCUT2D eigenvalue weighted by atomic mass is 10.0. The monoisotopic (exact) mass is 471 g/mol. The fraction of sp³-hybridized carbons (Fsp3) is 0.480. The van der Waals surface area contributed by atoms with Gasteiger partial charge in [0.2, 0.25) is 10.0 Å². The molecule has 2 fully saturated rings. The number of carbonyl (C=O) groups is 1. The summed E-state index contributed by atoms with van der Waals surface area (Å²) >= 11 is 0. The molecule has 2 aromatic rings. The van der Waals surface area contributed by atoms with Crippen LogP contribution in [-0.2, 0) is 21.3 Å². The zero-order valence-electron chi connectivity index (χ0n) is 18.9. The fourth-order valence-corrected chi connectivity index (χ4v) is 5.64. The summed E-state index contributed by atoms with van der Waals surface area (Å²) in [5.74, 6) is -0.253. The van der Waals surface area contributed by atoms with Crippen LogP contribution in [0.2, 0.25) is 0 Å². The van der Waals surface area contributed by atoms with Gasteiger partial charge in [-0.3, -0.25) is 9.69 Å². The van der Waals surface area contributed by atoms with E-state index in [9.17, 15) is 13.2 Å². The summed E-state index contributed by atoms with van der Waals surface area (Å²) in [6, 6.07) is 16.8. The summed E-state index contributed by atoms with van der Waals surface area (Å²) < 4.78 is 33.5. The Hall–Kier alpha value is -2.26. The van der Waals surface area contributed by atoms with E-state index in [0.717, 1.165) is 45.2 Å². The van der Waals surface area contributed by atoms with Crippen molar-refractivity contribution in [3.05, 3.63) is 65.7 Å². The van der Waals surface area contributed by atoms with Gasteiger partial charge < -0.3 is 10.1 Å². The second-order valence-electron chi connectivity index (χ2n) is 8.83. The molecular weight excluding hydrogens is 438 g/mol. The average Bonchev–Trinajstić information content (AvgIpc) is 3.37. The highest BCUT2D eigenvalue weighted by molar-refractivity contribution is 7.89. The van der Waals surface area contributed by atoms with E-state index in [1.165, 1.54) is 17.7 Å². The summed E-state index contributed by atoms with van der Waals surface area (Å²) in [7, 11) is -3.70. The van der Waals surface area contributed by atoms with Gasteiger partial charge in [0.1, 0.15) is 0 Å². The minimum Gasteiger partial charge on any atom is -0.377 e. The zero-order valence-corrected chi connectivity index (χ0v) is 19.7. The van der Waals surface area contributed by atoms with Crippen LogP contribution in [0.15, 0.2) is 59.5 Å². The molecule has 0 saturated carbocycles. The molecule has 1 amide bonds. The Bertz CT molecular complexity index is 1020. The molecule has 0 aromatic heterocycles. The van der Waals surface area contributed by atoms with Crippen molar-refractivity contribution >= 4 is 15.9 Å². The van der Waals surface area contributed by atoms with Crippen molar-refractivity contribution in [2.75, 3.05) is 26.2 Å². The molecule has 0 spiro atoms. The van der Waals surface area contributed by atoms with Gasteiger partial charge in [0, 0.05) is 37.8 Å². The number of nitrogens with one attached hydrogen (secondary N) is 2. The summed E-state index contributed by atoms with van der Waals surface area (Å²) in [6.07, 6.45) is 5.07. The number of piperidine rings is 1. The van der Waals surface area contributed by atoms with Gasteiger partial charge in [-0.15, -0.1) is 0 Å². The van der Waals surface area contributed by atoms with Crippen LogP contribution in [0, 0.1) is 0 Å². The van der Waals surface area contributed by atoms with Crippen LogP contribution < -0.4 is 10.0 Å². The van der Waals surface area contributed by atoms with Crippen LogP contribution in [0.3, 0.4) is 0 Å². The van der Waals surface area contributed by atoms with Crippen LogP contribution in [0.25, 0.3) is 0 Å². The average molecular weight is 472 g/mol. The lowest BCUT2D eigenvalue weighted by molar-refractivity contribution is 0.0907. The molecule has 2 N–H and O–H groups in total. The van der Waals surface area contributed by atoms with E-state index in [-0.39, 0.29) is 29.5 Å². The molecule has 2 atom stereocenters. The van der Waals surface area contributed by atoms with Crippen LogP contribution in [0.1, 0.15) is 48.0 Å². The molecule has 2 aromatic carbocycles. The Kier molecular flexibility index (Phi) is 8.14. The van der Waals surface area contributed by atoms with Crippen molar-refractivity contribution in [3.8, 4) is 0 Å². The van der Waals surface area contributed by atoms with Crippen LogP contribution >= 0.6 is 0 Å². The van der Waals surface area contributed by atoms with Crippen molar-refractivity contribution in [2.24, 2.45) is 0 Å². The Morgan fingerprint density at radius 2 is 1.85 bits per heavy atom. The van der Waals surface area contributed by atoms with Gasteiger partial charge in [-0.25, -0.2) is 13.1 Å². The van der Waals surface area contributed by atoms with E-state index >= 15 is 0 Å². The van der Waals surface area contributed by atoms with Gasteiger partial charge in [-0.2, -0.15) is 0 Å². The zero-order chi connectivity index (χ0) is 23.1. The second kappa shape index (κ2) is 11.2. The smallest absolute Gasteiger partial charge is 0.251 e. The third-order valence-electron chi connectivity index (χ3n) is 6.41. The predicted molar refractivity (Wildman–Crippen MR) is 127 cm³/mol. The van der Waals surface area contributed by atoms with Gasteiger partial charge in [0.15, 0.2) is 0 Å². The maximum absolute atomic E-state index is 12.8. The van der Waals surface area contributed by atoms with Gasteiger partial charge in [0.05, 0.1) is 11.0 Å². The summed E-state index contributed by atoms with van der Waals surface area (Å²) in [4.78, 5) is 15.4. The highest BCUT2D eigenvalue weighted by Crippen LogP contribution is 2.20. The molecular formula is C25H33N3O4S. The van der Waals surface area contributed by atoms with Gasteiger partial charge in [-0.05, 0) is 56.0 Å². The Morgan fingerprint density at radius 1 is 1.00 bits per heavy atom. The number of rotatable bonds is 9. The molecule has 7 nitrogen and oxygen atoms in total. The van der Waals surface area contributed by atoms with Gasteiger partial charge >= 0.3 is 0 Å². The van der Waals surface area contributed by atoms with E-state index in [4.69, 9.17) is 4.74 Å². The molecule has 4 rings (SSSR count). The first kappa shape index (κ1) is 23.9. The molecule has 0 aliphatic carbocycles. The summed E-state index contributed by atoms with van der Waals surface area (Å²) in [5.41, 5.74) is 1.62. The molecule has 2 aliphatic rings. The minimum atomic E-state index is -3.70. The minimum absolute atomic E-state index is 0.0828. The number of nitrogens with zero attached hydrogens (tertiary/aromatic N) is 1. The van der Waals surface area contributed by atoms with E-state index < -0.39 is 10.0 Å². The van der Waals surface area contributed by atoms with Crippen LogP contribution in [0.5, 0.6) is 0 Å². The van der Waals surface area contributed by atoms with E-state index in [0.29, 0.717) is 18.7 Å².